The average Bonchev–Trinajstić information content (AvgIpc) is 3.04. The van der Waals surface area contributed by atoms with Crippen molar-refractivity contribution in [3.05, 3.63) is 35.9 Å². The Labute approximate surface area is 137 Å². The molecule has 0 spiro atoms. The van der Waals surface area contributed by atoms with Crippen LogP contribution in [0.25, 0.3) is 0 Å². The molecule has 3 atom stereocenters. The lowest BCUT2D eigenvalue weighted by atomic mass is 9.91. The van der Waals surface area contributed by atoms with Crippen LogP contribution in [0.3, 0.4) is 0 Å². The summed E-state index contributed by atoms with van der Waals surface area (Å²) in [5.41, 5.74) is 0.966. The molecular formula is C18H25N3O2. The van der Waals surface area contributed by atoms with Gasteiger partial charge in [-0.1, -0.05) is 30.3 Å². The third-order valence-corrected chi connectivity index (χ3v) is 4.41. The maximum absolute atomic E-state index is 12.5. The number of aliphatic hydroxyl groups is 1. The van der Waals surface area contributed by atoms with Crippen molar-refractivity contribution in [1.82, 2.24) is 10.2 Å². The number of benzene rings is 1. The number of rotatable bonds is 6. The van der Waals surface area contributed by atoms with Crippen LogP contribution in [-0.4, -0.2) is 41.3 Å². The number of nitriles is 1. The number of nitrogens with zero attached hydrogens (tertiary/aromatic N) is 2. The fourth-order valence-electron chi connectivity index (χ4n) is 3.20. The molecule has 2 rings (SSSR count). The number of likely N-dealkylation sites (tertiary alicyclic amines) is 1. The van der Waals surface area contributed by atoms with Crippen molar-refractivity contribution < 1.29 is 9.90 Å². The second-order valence-electron chi connectivity index (χ2n) is 6.14. The summed E-state index contributed by atoms with van der Waals surface area (Å²) in [5, 5.41) is 21.5. The number of carbonyl (C=O) groups is 1. The number of aliphatic hydroxyl groups excluding tert-OH is 1. The molecule has 1 saturated heterocycles. The first-order chi connectivity index (χ1) is 11.2. The van der Waals surface area contributed by atoms with E-state index in [0.717, 1.165) is 24.8 Å². The Morgan fingerprint density at radius 3 is 2.87 bits per heavy atom. The van der Waals surface area contributed by atoms with Crippen molar-refractivity contribution in [2.24, 2.45) is 0 Å². The smallest absolute Gasteiger partial charge is 0.317 e. The molecule has 0 saturated carbocycles. The Kier molecular flexibility index (Phi) is 6.42. The van der Waals surface area contributed by atoms with Gasteiger partial charge in [0.15, 0.2) is 0 Å². The van der Waals surface area contributed by atoms with Gasteiger partial charge in [-0.3, -0.25) is 0 Å². The standard InChI is InChI=1S/C18H25N3O2/c1-14(7-6-12-22)20-18(23)21-11-5-10-17(21)16(13-19)15-8-3-2-4-9-15/h2-4,8-9,14,16-17,22H,5-7,10-12H2,1H3,(H,20,23). The maximum atomic E-state index is 12.5. The van der Waals surface area contributed by atoms with Crippen molar-refractivity contribution in [2.45, 2.75) is 50.6 Å². The molecule has 0 aliphatic carbocycles. The summed E-state index contributed by atoms with van der Waals surface area (Å²) >= 11 is 0. The van der Waals surface area contributed by atoms with Gasteiger partial charge in [-0.25, -0.2) is 4.79 Å². The summed E-state index contributed by atoms with van der Waals surface area (Å²) in [4.78, 5) is 14.3. The minimum Gasteiger partial charge on any atom is -0.396 e. The highest BCUT2D eigenvalue weighted by Gasteiger charge is 2.35. The summed E-state index contributed by atoms with van der Waals surface area (Å²) in [6.45, 7) is 2.77. The van der Waals surface area contributed by atoms with Crippen molar-refractivity contribution in [3.63, 3.8) is 0 Å². The largest absolute Gasteiger partial charge is 0.396 e. The highest BCUT2D eigenvalue weighted by Crippen LogP contribution is 2.30. The Morgan fingerprint density at radius 1 is 1.48 bits per heavy atom. The minimum absolute atomic E-state index is 0.0214. The molecule has 1 aromatic rings. The van der Waals surface area contributed by atoms with Gasteiger partial charge in [0.05, 0.1) is 18.0 Å². The molecule has 5 nitrogen and oxygen atoms in total. The Balaban J connectivity index is 2.04. The van der Waals surface area contributed by atoms with Crippen LogP contribution in [0.2, 0.25) is 0 Å². The van der Waals surface area contributed by atoms with Crippen LogP contribution < -0.4 is 5.32 Å². The highest BCUT2D eigenvalue weighted by molar-refractivity contribution is 5.75. The number of urea groups is 1. The van der Waals surface area contributed by atoms with Gasteiger partial charge in [0.1, 0.15) is 0 Å². The van der Waals surface area contributed by atoms with E-state index in [1.807, 2.05) is 37.3 Å². The summed E-state index contributed by atoms with van der Waals surface area (Å²) in [6.07, 6.45) is 3.20. The number of hydrogen-bond acceptors (Lipinski definition) is 3. The normalized spacial score (nSPS) is 19.9. The molecule has 0 aromatic heterocycles. The first-order valence-corrected chi connectivity index (χ1v) is 8.30. The van der Waals surface area contributed by atoms with Gasteiger partial charge in [0.2, 0.25) is 0 Å². The van der Waals surface area contributed by atoms with Crippen molar-refractivity contribution >= 4 is 6.03 Å². The van der Waals surface area contributed by atoms with Crippen LogP contribution in [0.5, 0.6) is 0 Å². The first kappa shape index (κ1) is 17.3. The average molecular weight is 315 g/mol. The minimum atomic E-state index is -0.294. The molecule has 0 bridgehead atoms. The topological polar surface area (TPSA) is 76.4 Å². The van der Waals surface area contributed by atoms with Crippen LogP contribution in [0.1, 0.15) is 44.1 Å². The van der Waals surface area contributed by atoms with E-state index in [0.29, 0.717) is 13.0 Å². The monoisotopic (exact) mass is 315 g/mol. The third-order valence-electron chi connectivity index (χ3n) is 4.41. The van der Waals surface area contributed by atoms with Crippen molar-refractivity contribution in [1.29, 1.82) is 5.26 Å². The lowest BCUT2D eigenvalue weighted by Crippen LogP contribution is -2.47. The fraction of sp³-hybridized carbons (Fsp3) is 0.556. The molecule has 3 unspecified atom stereocenters. The molecule has 124 valence electrons. The zero-order valence-corrected chi connectivity index (χ0v) is 13.6. The quantitative estimate of drug-likeness (QED) is 0.847. The van der Waals surface area contributed by atoms with E-state index in [4.69, 9.17) is 5.11 Å². The zero-order valence-electron chi connectivity index (χ0n) is 13.6. The summed E-state index contributed by atoms with van der Waals surface area (Å²) in [6, 6.07) is 11.9. The third kappa shape index (κ3) is 4.46. The SMILES string of the molecule is CC(CCCO)NC(=O)N1CCCC1C(C#N)c1ccccc1. The molecule has 1 heterocycles. The zero-order chi connectivity index (χ0) is 16.7. The van der Waals surface area contributed by atoms with E-state index in [1.54, 1.807) is 4.90 Å². The van der Waals surface area contributed by atoms with E-state index in [1.165, 1.54) is 0 Å². The first-order valence-electron chi connectivity index (χ1n) is 8.30. The van der Waals surface area contributed by atoms with Crippen LogP contribution in [0.15, 0.2) is 30.3 Å². The fourth-order valence-corrected chi connectivity index (χ4v) is 3.20. The summed E-state index contributed by atoms with van der Waals surface area (Å²) < 4.78 is 0. The molecule has 2 amide bonds. The van der Waals surface area contributed by atoms with Gasteiger partial charge in [-0.05, 0) is 38.2 Å². The Hall–Kier alpha value is -2.06. The predicted octanol–water partition coefficient (Wildman–Crippen LogP) is 2.63. The van der Waals surface area contributed by atoms with E-state index >= 15 is 0 Å². The second kappa shape index (κ2) is 8.54. The van der Waals surface area contributed by atoms with E-state index < -0.39 is 0 Å². The lowest BCUT2D eigenvalue weighted by molar-refractivity contribution is 0.184. The predicted molar refractivity (Wildman–Crippen MR) is 88.8 cm³/mol. The molecule has 1 aromatic carbocycles. The number of nitrogens with one attached hydrogen (secondary N) is 1. The molecular weight excluding hydrogens is 290 g/mol. The van der Waals surface area contributed by atoms with Crippen LogP contribution in [0, 0.1) is 11.3 Å². The van der Waals surface area contributed by atoms with Gasteiger partial charge in [0, 0.05) is 19.2 Å². The van der Waals surface area contributed by atoms with E-state index in [-0.39, 0.29) is 30.6 Å². The Bertz CT molecular complexity index is 541. The molecule has 23 heavy (non-hydrogen) atoms. The molecule has 5 heteroatoms. The molecule has 0 radical (unpaired) electrons. The van der Waals surface area contributed by atoms with Gasteiger partial charge < -0.3 is 15.3 Å². The van der Waals surface area contributed by atoms with Gasteiger partial charge in [-0.15, -0.1) is 0 Å². The van der Waals surface area contributed by atoms with Crippen LogP contribution in [0.4, 0.5) is 4.79 Å². The second-order valence-corrected chi connectivity index (χ2v) is 6.14. The van der Waals surface area contributed by atoms with Gasteiger partial charge in [0.25, 0.3) is 0 Å². The molecule has 1 fully saturated rings. The molecule has 2 N–H and O–H groups in total. The van der Waals surface area contributed by atoms with Gasteiger partial charge >= 0.3 is 6.03 Å². The van der Waals surface area contributed by atoms with E-state index in [9.17, 15) is 10.1 Å². The summed E-state index contributed by atoms with van der Waals surface area (Å²) in [7, 11) is 0. The van der Waals surface area contributed by atoms with Gasteiger partial charge in [-0.2, -0.15) is 5.26 Å². The van der Waals surface area contributed by atoms with Crippen molar-refractivity contribution in [3.8, 4) is 6.07 Å². The molecule has 1 aliphatic heterocycles. The number of hydrogen-bond donors (Lipinski definition) is 2. The van der Waals surface area contributed by atoms with Crippen molar-refractivity contribution in [2.75, 3.05) is 13.2 Å². The molecule has 1 aliphatic rings. The Morgan fingerprint density at radius 2 is 2.22 bits per heavy atom. The maximum Gasteiger partial charge on any atom is 0.317 e. The number of carbonyl (C=O) groups excluding carboxylic acids is 1. The number of amides is 2. The van der Waals surface area contributed by atoms with E-state index in [2.05, 4.69) is 11.4 Å². The highest BCUT2D eigenvalue weighted by atomic mass is 16.3. The van der Waals surface area contributed by atoms with Crippen LogP contribution >= 0.6 is 0 Å². The van der Waals surface area contributed by atoms with Crippen LogP contribution in [-0.2, 0) is 0 Å². The summed E-state index contributed by atoms with van der Waals surface area (Å²) in [5.74, 6) is -0.294. The lowest BCUT2D eigenvalue weighted by Gasteiger charge is -2.29.